The number of hydrogen-bond donors (Lipinski definition) is 0. The number of aromatic nitrogens is 1. The van der Waals surface area contributed by atoms with Crippen molar-refractivity contribution in [2.75, 3.05) is 0 Å². The molecule has 0 saturated heterocycles. The van der Waals surface area contributed by atoms with Crippen molar-refractivity contribution < 1.29 is 9.84 Å². The maximum Gasteiger partial charge on any atom is 0.272 e. The quantitative estimate of drug-likeness (QED) is 0.723. The van der Waals surface area contributed by atoms with Crippen molar-refractivity contribution in [1.29, 1.82) is 0 Å². The molecule has 2 rings (SSSR count). The van der Waals surface area contributed by atoms with E-state index in [0.29, 0.717) is 11.6 Å². The van der Waals surface area contributed by atoms with Crippen LogP contribution in [0.5, 0.6) is 17.5 Å². The third-order valence-electron chi connectivity index (χ3n) is 1.66. The van der Waals surface area contributed by atoms with Crippen LogP contribution < -0.4 is 4.74 Å². The Hall–Kier alpha value is -2.03. The van der Waals surface area contributed by atoms with Crippen LogP contribution in [0.4, 0.5) is 0 Å². The molecule has 0 N–H and O–H groups in total. The van der Waals surface area contributed by atoms with Crippen molar-refractivity contribution >= 4 is 0 Å². The third-order valence-corrected chi connectivity index (χ3v) is 1.66. The molecule has 2 aromatic rings. The summed E-state index contributed by atoms with van der Waals surface area (Å²) in [4.78, 5) is 3.69. The second-order valence-electron chi connectivity index (χ2n) is 2.73. The first-order valence-electron chi connectivity index (χ1n) is 4.21. The zero-order valence-electron chi connectivity index (χ0n) is 7.38. The number of ether oxygens (including phenoxy) is 1. The average molecular weight is 186 g/mol. The fourth-order valence-corrected chi connectivity index (χ4v) is 1.06. The van der Waals surface area contributed by atoms with E-state index in [9.17, 15) is 5.11 Å². The Labute approximate surface area is 81.6 Å². The fourth-order valence-electron chi connectivity index (χ4n) is 1.06. The van der Waals surface area contributed by atoms with Crippen LogP contribution in [0.1, 0.15) is 0 Å². The second kappa shape index (κ2) is 3.79. The lowest BCUT2D eigenvalue weighted by atomic mass is 10.3. The molecule has 0 aliphatic rings. The van der Waals surface area contributed by atoms with E-state index in [-0.39, 0.29) is 5.88 Å². The SMILES string of the molecule is [O]c1cccc(Oc2ccccc2)n1. The summed E-state index contributed by atoms with van der Waals surface area (Å²) in [5.41, 5.74) is 0. The molecule has 0 aliphatic carbocycles. The minimum absolute atomic E-state index is 0.293. The molecule has 0 amide bonds. The molecule has 1 radical (unpaired) electrons. The van der Waals surface area contributed by atoms with Crippen molar-refractivity contribution in [1.82, 2.24) is 4.98 Å². The maximum atomic E-state index is 10.9. The van der Waals surface area contributed by atoms with E-state index < -0.39 is 0 Å². The first-order chi connectivity index (χ1) is 6.84. The molecular weight excluding hydrogens is 178 g/mol. The number of pyridine rings is 1. The van der Waals surface area contributed by atoms with Gasteiger partial charge in [0.25, 0.3) is 5.88 Å². The highest BCUT2D eigenvalue weighted by Gasteiger charge is 1.98. The molecule has 0 spiro atoms. The van der Waals surface area contributed by atoms with Gasteiger partial charge in [0.2, 0.25) is 5.88 Å². The summed E-state index contributed by atoms with van der Waals surface area (Å²) < 4.78 is 5.35. The highest BCUT2D eigenvalue weighted by molar-refractivity contribution is 5.27. The number of rotatable bonds is 2. The molecule has 0 atom stereocenters. The lowest BCUT2D eigenvalue weighted by molar-refractivity contribution is 0.329. The Morgan fingerprint density at radius 1 is 0.929 bits per heavy atom. The van der Waals surface area contributed by atoms with E-state index in [1.54, 1.807) is 24.3 Å². The van der Waals surface area contributed by atoms with E-state index in [2.05, 4.69) is 4.98 Å². The van der Waals surface area contributed by atoms with Gasteiger partial charge in [-0.25, -0.2) is 0 Å². The van der Waals surface area contributed by atoms with Crippen molar-refractivity contribution in [3.05, 3.63) is 48.5 Å². The summed E-state index contributed by atoms with van der Waals surface area (Å²) >= 11 is 0. The Kier molecular flexibility index (Phi) is 2.32. The molecule has 1 aromatic heterocycles. The monoisotopic (exact) mass is 186 g/mol. The molecule has 0 saturated carbocycles. The van der Waals surface area contributed by atoms with Crippen molar-refractivity contribution in [2.24, 2.45) is 0 Å². The van der Waals surface area contributed by atoms with Crippen molar-refractivity contribution in [2.45, 2.75) is 0 Å². The average Bonchev–Trinajstić information content (AvgIpc) is 2.19. The first kappa shape index (κ1) is 8.56. The molecule has 1 aromatic carbocycles. The maximum absolute atomic E-state index is 10.9. The molecule has 0 aliphatic heterocycles. The number of benzene rings is 1. The Morgan fingerprint density at radius 3 is 2.43 bits per heavy atom. The highest BCUT2D eigenvalue weighted by atomic mass is 16.5. The van der Waals surface area contributed by atoms with Gasteiger partial charge < -0.3 is 4.74 Å². The van der Waals surface area contributed by atoms with Gasteiger partial charge in [-0.1, -0.05) is 24.3 Å². The minimum Gasteiger partial charge on any atom is -0.439 e. The van der Waals surface area contributed by atoms with Crippen LogP contribution in [-0.4, -0.2) is 4.98 Å². The van der Waals surface area contributed by atoms with E-state index in [1.165, 1.54) is 6.07 Å². The van der Waals surface area contributed by atoms with Gasteiger partial charge in [0.15, 0.2) is 0 Å². The smallest absolute Gasteiger partial charge is 0.272 e. The zero-order valence-corrected chi connectivity index (χ0v) is 7.38. The predicted molar refractivity (Wildman–Crippen MR) is 50.9 cm³/mol. The van der Waals surface area contributed by atoms with E-state index in [4.69, 9.17) is 4.74 Å². The number of hydrogen-bond acceptors (Lipinski definition) is 2. The fraction of sp³-hybridized carbons (Fsp3) is 0. The molecule has 0 unspecified atom stereocenters. The summed E-state index contributed by atoms with van der Waals surface area (Å²) in [6.45, 7) is 0. The molecule has 0 bridgehead atoms. The molecule has 69 valence electrons. The summed E-state index contributed by atoms with van der Waals surface area (Å²) in [6, 6.07) is 13.9. The molecule has 0 fully saturated rings. The van der Waals surface area contributed by atoms with Gasteiger partial charge in [-0.15, -0.1) is 0 Å². The molecule has 1 heterocycles. The van der Waals surface area contributed by atoms with Crippen molar-refractivity contribution in [3.8, 4) is 17.5 Å². The summed E-state index contributed by atoms with van der Waals surface area (Å²) in [5.74, 6) is 0.702. The van der Waals surface area contributed by atoms with Gasteiger partial charge in [-0.05, 0) is 12.1 Å². The first-order valence-corrected chi connectivity index (χ1v) is 4.21. The van der Waals surface area contributed by atoms with Gasteiger partial charge in [0.05, 0.1) is 0 Å². The van der Waals surface area contributed by atoms with Gasteiger partial charge >= 0.3 is 0 Å². The van der Waals surface area contributed by atoms with Crippen LogP contribution in [0.3, 0.4) is 0 Å². The van der Waals surface area contributed by atoms with Crippen LogP contribution in [0.15, 0.2) is 48.5 Å². The lowest BCUT2D eigenvalue weighted by Gasteiger charge is -2.02. The summed E-state index contributed by atoms with van der Waals surface area (Å²) in [7, 11) is 0. The molecule has 3 heteroatoms. The van der Waals surface area contributed by atoms with Crippen LogP contribution in [0, 0.1) is 0 Å². The van der Waals surface area contributed by atoms with Gasteiger partial charge in [-0.2, -0.15) is 4.98 Å². The van der Waals surface area contributed by atoms with Crippen LogP contribution in [-0.2, 0) is 5.11 Å². The van der Waals surface area contributed by atoms with Crippen LogP contribution in [0.2, 0.25) is 0 Å². The topological polar surface area (TPSA) is 42.0 Å². The Bertz CT molecular complexity index is 415. The standard InChI is InChI=1S/C11H8NO2/c13-10-7-4-8-11(12-10)14-9-5-2-1-3-6-9/h1-8H. The zero-order chi connectivity index (χ0) is 9.80. The molecule has 3 nitrogen and oxygen atoms in total. The molecule has 14 heavy (non-hydrogen) atoms. The third kappa shape index (κ3) is 2.01. The predicted octanol–water partition coefficient (Wildman–Crippen LogP) is 3.02. The Balaban J connectivity index is 2.19. The van der Waals surface area contributed by atoms with E-state index in [1.807, 2.05) is 18.2 Å². The van der Waals surface area contributed by atoms with Gasteiger partial charge in [-0.3, -0.25) is 5.11 Å². The highest BCUT2D eigenvalue weighted by Crippen LogP contribution is 2.20. The van der Waals surface area contributed by atoms with Crippen LogP contribution >= 0.6 is 0 Å². The number of nitrogens with zero attached hydrogens (tertiary/aromatic N) is 1. The normalized spacial score (nSPS) is 9.71. The van der Waals surface area contributed by atoms with E-state index in [0.717, 1.165) is 0 Å². The second-order valence-corrected chi connectivity index (χ2v) is 2.73. The minimum atomic E-state index is -0.293. The Morgan fingerprint density at radius 2 is 1.71 bits per heavy atom. The summed E-state index contributed by atoms with van der Waals surface area (Å²) in [5, 5.41) is 10.9. The lowest BCUT2D eigenvalue weighted by Crippen LogP contribution is -1.86. The number of para-hydroxylation sites is 1. The van der Waals surface area contributed by atoms with Gasteiger partial charge in [0.1, 0.15) is 5.75 Å². The largest absolute Gasteiger partial charge is 0.439 e. The van der Waals surface area contributed by atoms with E-state index >= 15 is 0 Å². The summed E-state index contributed by atoms with van der Waals surface area (Å²) in [6.07, 6.45) is 0. The van der Waals surface area contributed by atoms with Gasteiger partial charge in [0, 0.05) is 12.1 Å². The molecular formula is C11H8NO2. The van der Waals surface area contributed by atoms with Crippen molar-refractivity contribution in [3.63, 3.8) is 0 Å². The van der Waals surface area contributed by atoms with Crippen LogP contribution in [0.25, 0.3) is 0 Å².